The number of pyridine rings is 3. The van der Waals surface area contributed by atoms with Crippen LogP contribution in [0.25, 0.3) is 116 Å². The fraction of sp³-hybridized carbons (Fsp3) is 0. The number of nitrogens with zero attached hydrogens (tertiary/aromatic N) is 4. The Labute approximate surface area is 340 Å². The molecule has 0 saturated carbocycles. The lowest BCUT2D eigenvalue weighted by molar-refractivity contribution is 1.18. The third-order valence-electron chi connectivity index (χ3n) is 11.8. The Morgan fingerprint density at radius 2 is 0.881 bits per heavy atom. The van der Waals surface area contributed by atoms with Crippen molar-refractivity contribution < 1.29 is 0 Å². The molecule has 12 rings (SSSR count). The van der Waals surface area contributed by atoms with Gasteiger partial charge in [-0.1, -0.05) is 158 Å². The summed E-state index contributed by atoms with van der Waals surface area (Å²) in [6, 6.07) is 73.1. The summed E-state index contributed by atoms with van der Waals surface area (Å²) in [5.74, 6) is 0. The van der Waals surface area contributed by atoms with Crippen LogP contribution in [0, 0.1) is 0 Å². The first-order valence-electron chi connectivity index (χ1n) is 20.0. The van der Waals surface area contributed by atoms with E-state index in [0.29, 0.717) is 0 Å². The van der Waals surface area contributed by atoms with E-state index in [-0.39, 0.29) is 0 Å². The molecular weight excluding hydrogens is 717 g/mol. The minimum atomic E-state index is 0.909. The molecule has 4 nitrogen and oxygen atoms in total. The average Bonchev–Trinajstić information content (AvgIpc) is 3.66. The van der Waals surface area contributed by atoms with Gasteiger partial charge in [-0.2, -0.15) is 0 Å². The lowest BCUT2D eigenvalue weighted by Gasteiger charge is -2.14. The maximum Gasteiger partial charge on any atom is 0.0972 e. The summed E-state index contributed by atoms with van der Waals surface area (Å²) in [5.41, 5.74) is 14.7. The summed E-state index contributed by atoms with van der Waals surface area (Å²) < 4.78 is 2.38. The highest BCUT2D eigenvalue weighted by Gasteiger charge is 2.20. The van der Waals surface area contributed by atoms with Gasteiger partial charge in [0.2, 0.25) is 0 Å². The van der Waals surface area contributed by atoms with E-state index in [0.717, 1.165) is 88.8 Å². The van der Waals surface area contributed by atoms with Gasteiger partial charge in [0.15, 0.2) is 0 Å². The molecule has 12 aromatic rings. The van der Waals surface area contributed by atoms with Gasteiger partial charge < -0.3 is 4.57 Å². The number of hydrogen-bond acceptors (Lipinski definition) is 3. The molecule has 0 bridgehead atoms. The van der Waals surface area contributed by atoms with Gasteiger partial charge >= 0.3 is 0 Å². The summed E-state index contributed by atoms with van der Waals surface area (Å²) in [6.07, 6.45) is 0. The highest BCUT2D eigenvalue weighted by Crippen LogP contribution is 2.43. The lowest BCUT2D eigenvalue weighted by Crippen LogP contribution is -1.94. The first-order chi connectivity index (χ1) is 29.2. The molecule has 0 fully saturated rings. The van der Waals surface area contributed by atoms with E-state index in [1.807, 2.05) is 18.2 Å². The van der Waals surface area contributed by atoms with E-state index in [1.165, 1.54) is 27.1 Å². The number of hydrogen-bond donors (Lipinski definition) is 0. The molecule has 0 unspecified atom stereocenters. The normalized spacial score (nSPS) is 11.7. The second-order valence-corrected chi connectivity index (χ2v) is 15.2. The molecule has 0 aliphatic heterocycles. The Morgan fingerprint density at radius 3 is 1.58 bits per heavy atom. The largest absolute Gasteiger partial charge is 0.309 e. The molecule has 0 spiro atoms. The third-order valence-corrected chi connectivity index (χ3v) is 11.8. The first kappa shape index (κ1) is 33.2. The highest BCUT2D eigenvalue weighted by atomic mass is 15.0. The zero-order valence-corrected chi connectivity index (χ0v) is 31.9. The molecule has 8 aromatic carbocycles. The van der Waals surface area contributed by atoms with Crippen LogP contribution in [0.3, 0.4) is 0 Å². The second kappa shape index (κ2) is 13.3. The van der Waals surface area contributed by atoms with Crippen LogP contribution in [-0.4, -0.2) is 19.5 Å². The molecule has 4 heterocycles. The van der Waals surface area contributed by atoms with E-state index in [1.54, 1.807) is 0 Å². The number of aromatic nitrogens is 4. The molecule has 0 aliphatic rings. The van der Waals surface area contributed by atoms with Crippen LogP contribution in [0.15, 0.2) is 206 Å². The summed E-state index contributed by atoms with van der Waals surface area (Å²) in [7, 11) is 0. The fourth-order valence-electron chi connectivity index (χ4n) is 8.93. The molecule has 0 amide bonds. The van der Waals surface area contributed by atoms with Gasteiger partial charge in [0.05, 0.1) is 44.7 Å². The van der Waals surface area contributed by atoms with Crippen LogP contribution >= 0.6 is 0 Å². The first-order valence-corrected chi connectivity index (χ1v) is 20.0. The van der Waals surface area contributed by atoms with Crippen molar-refractivity contribution >= 4 is 65.3 Å². The monoisotopic (exact) mass is 750 g/mol. The predicted molar refractivity (Wildman–Crippen MR) is 246 cm³/mol. The van der Waals surface area contributed by atoms with Crippen molar-refractivity contribution in [3.63, 3.8) is 0 Å². The standard InChI is InChI=1S/C55H34N4/c1-4-12-36(13-5-1)46-30-26-39-24-25-40-27-31-47(57-55(40)54(39)56-46)37-22-20-35(21-23-37)41-28-32-48-45(34-41)43-29-33-50-51(52(43)53(58-48)38-14-6-2-7-15-38)44-18-10-11-19-49(44)59(50)42-16-8-3-9-17-42/h1-34H. The van der Waals surface area contributed by atoms with Crippen molar-refractivity contribution in [2.45, 2.75) is 0 Å². The SMILES string of the molecule is c1ccc(-c2ccc3ccc4ccc(-c5ccc(-c6ccc7nc(-c8ccccc8)c8c(ccc9c8c8ccccc8n9-c8ccccc8)c7c6)cc5)nc4c3n2)cc1. The van der Waals surface area contributed by atoms with Crippen LogP contribution in [0.4, 0.5) is 0 Å². The van der Waals surface area contributed by atoms with E-state index >= 15 is 0 Å². The van der Waals surface area contributed by atoms with Crippen LogP contribution in [0.1, 0.15) is 0 Å². The van der Waals surface area contributed by atoms with Gasteiger partial charge in [-0.15, -0.1) is 0 Å². The Morgan fingerprint density at radius 1 is 0.322 bits per heavy atom. The van der Waals surface area contributed by atoms with Gasteiger partial charge in [0, 0.05) is 54.7 Å². The van der Waals surface area contributed by atoms with Gasteiger partial charge in [-0.3, -0.25) is 0 Å². The Balaban J connectivity index is 1.00. The molecule has 4 heteroatoms. The summed E-state index contributed by atoms with van der Waals surface area (Å²) >= 11 is 0. The van der Waals surface area contributed by atoms with Gasteiger partial charge in [0.25, 0.3) is 0 Å². The van der Waals surface area contributed by atoms with Crippen molar-refractivity contribution in [2.75, 3.05) is 0 Å². The summed E-state index contributed by atoms with van der Waals surface area (Å²) in [6.45, 7) is 0. The number of rotatable bonds is 5. The predicted octanol–water partition coefficient (Wildman–Crippen LogP) is 14.2. The van der Waals surface area contributed by atoms with Crippen LogP contribution < -0.4 is 0 Å². The maximum atomic E-state index is 5.45. The third kappa shape index (κ3) is 5.42. The highest BCUT2D eigenvalue weighted by molar-refractivity contribution is 6.28. The van der Waals surface area contributed by atoms with E-state index < -0.39 is 0 Å². The van der Waals surface area contributed by atoms with Crippen molar-refractivity contribution in [2.24, 2.45) is 0 Å². The minimum absolute atomic E-state index is 0.909. The quantitative estimate of drug-likeness (QED) is 0.165. The Kier molecular flexibility index (Phi) is 7.50. The molecule has 0 saturated heterocycles. The molecule has 0 atom stereocenters. The molecule has 274 valence electrons. The van der Waals surface area contributed by atoms with Gasteiger partial charge in [-0.05, 0) is 65.0 Å². The number of fused-ring (bicyclic) bond motifs is 10. The van der Waals surface area contributed by atoms with Crippen molar-refractivity contribution in [3.8, 4) is 50.6 Å². The number of para-hydroxylation sites is 2. The van der Waals surface area contributed by atoms with Gasteiger partial charge in [-0.25, -0.2) is 15.0 Å². The van der Waals surface area contributed by atoms with Crippen LogP contribution in [0.5, 0.6) is 0 Å². The van der Waals surface area contributed by atoms with E-state index in [2.05, 4.69) is 193 Å². The molecule has 0 N–H and O–H groups in total. The Bertz CT molecular complexity index is 3580. The minimum Gasteiger partial charge on any atom is -0.309 e. The van der Waals surface area contributed by atoms with Gasteiger partial charge in [0.1, 0.15) is 0 Å². The average molecular weight is 751 g/mol. The van der Waals surface area contributed by atoms with E-state index in [9.17, 15) is 0 Å². The number of benzene rings is 8. The summed E-state index contributed by atoms with van der Waals surface area (Å²) in [5, 5.41) is 8.06. The Hall–Kier alpha value is -7.95. The van der Waals surface area contributed by atoms with Crippen molar-refractivity contribution in [1.29, 1.82) is 0 Å². The lowest BCUT2D eigenvalue weighted by atomic mass is 9.94. The molecule has 4 aromatic heterocycles. The molecule has 59 heavy (non-hydrogen) atoms. The second-order valence-electron chi connectivity index (χ2n) is 15.2. The topological polar surface area (TPSA) is 43.6 Å². The summed E-state index contributed by atoms with van der Waals surface area (Å²) in [4.78, 5) is 15.8. The van der Waals surface area contributed by atoms with Crippen molar-refractivity contribution in [3.05, 3.63) is 206 Å². The van der Waals surface area contributed by atoms with Crippen LogP contribution in [-0.2, 0) is 0 Å². The molecule has 0 aliphatic carbocycles. The maximum absolute atomic E-state index is 5.45. The van der Waals surface area contributed by atoms with Crippen molar-refractivity contribution in [1.82, 2.24) is 19.5 Å². The molecule has 0 radical (unpaired) electrons. The zero-order valence-electron chi connectivity index (χ0n) is 31.9. The molecular formula is C55H34N4. The smallest absolute Gasteiger partial charge is 0.0972 e. The van der Waals surface area contributed by atoms with E-state index in [4.69, 9.17) is 15.0 Å². The fourth-order valence-corrected chi connectivity index (χ4v) is 8.93. The van der Waals surface area contributed by atoms with Crippen LogP contribution in [0.2, 0.25) is 0 Å². The zero-order chi connectivity index (χ0) is 38.9.